The highest BCUT2D eigenvalue weighted by Crippen LogP contribution is 2.77. The van der Waals surface area contributed by atoms with Crippen LogP contribution in [0.15, 0.2) is 12.7 Å². The zero-order valence-electron chi connectivity index (χ0n) is 13.6. The van der Waals surface area contributed by atoms with Crippen LogP contribution in [-0.2, 0) is 29.3 Å². The van der Waals surface area contributed by atoms with Crippen molar-refractivity contribution in [3.8, 4) is 0 Å². The second-order valence-electron chi connectivity index (χ2n) is 5.20. The molecule has 0 aliphatic carbocycles. The van der Waals surface area contributed by atoms with Crippen LogP contribution in [0.25, 0.3) is 11.2 Å². The summed E-state index contributed by atoms with van der Waals surface area (Å²) in [6, 6.07) is 0. The third kappa shape index (κ3) is 4.79. The number of nitrogens with two attached hydrogens (primary N) is 1. The molecular formula is C9H14F2N5O9P3. The van der Waals surface area contributed by atoms with Crippen LogP contribution in [0, 0.1) is 0 Å². The Morgan fingerprint density at radius 2 is 1.79 bits per heavy atom. The van der Waals surface area contributed by atoms with Crippen LogP contribution in [0.1, 0.15) is 0 Å². The van der Waals surface area contributed by atoms with Crippen LogP contribution in [0.2, 0.25) is 0 Å². The lowest BCUT2D eigenvalue weighted by atomic mass is 10.5. The number of ether oxygens (including phenoxy) is 1. The SMILES string of the molecule is Nc1ncnc2c1ncn2CCOCP(=O)(O)OP(=O)(O)C(F)(F)P(=O)(O)O. The van der Waals surface area contributed by atoms with Gasteiger partial charge in [-0.15, -0.1) is 0 Å². The summed E-state index contributed by atoms with van der Waals surface area (Å²) < 4.78 is 69.9. The first-order valence-corrected chi connectivity index (χ1v) is 11.9. The number of hydrogen-bond acceptors (Lipinski definition) is 9. The molecule has 2 aromatic heterocycles. The van der Waals surface area contributed by atoms with Crippen LogP contribution in [0.4, 0.5) is 14.6 Å². The van der Waals surface area contributed by atoms with E-state index in [0.29, 0.717) is 11.2 Å². The van der Waals surface area contributed by atoms with Gasteiger partial charge in [0.25, 0.3) is 0 Å². The number of rotatable bonds is 9. The number of anilines is 1. The molecule has 0 aromatic carbocycles. The Balaban J connectivity index is 1.96. The van der Waals surface area contributed by atoms with Crippen LogP contribution < -0.4 is 5.73 Å². The molecule has 0 fully saturated rings. The number of halogens is 2. The molecule has 2 aromatic rings. The summed E-state index contributed by atoms with van der Waals surface area (Å²) in [4.78, 5) is 46.8. The van der Waals surface area contributed by atoms with Gasteiger partial charge in [-0.2, -0.15) is 8.78 Å². The summed E-state index contributed by atoms with van der Waals surface area (Å²) in [5.74, 6) is 0.114. The molecule has 158 valence electrons. The zero-order chi connectivity index (χ0) is 21.4. The van der Waals surface area contributed by atoms with Gasteiger partial charge in [0.2, 0.25) is 0 Å². The molecule has 19 heteroatoms. The van der Waals surface area contributed by atoms with E-state index in [1.165, 1.54) is 17.2 Å². The highest BCUT2D eigenvalue weighted by molar-refractivity contribution is 7.76. The molecule has 0 saturated heterocycles. The van der Waals surface area contributed by atoms with Crippen molar-refractivity contribution in [3.05, 3.63) is 12.7 Å². The van der Waals surface area contributed by atoms with Gasteiger partial charge >= 0.3 is 28.2 Å². The molecule has 2 heterocycles. The minimum Gasteiger partial charge on any atom is -0.382 e. The van der Waals surface area contributed by atoms with Crippen molar-refractivity contribution in [3.63, 3.8) is 0 Å². The molecule has 2 atom stereocenters. The van der Waals surface area contributed by atoms with Crippen LogP contribution in [0.3, 0.4) is 0 Å². The van der Waals surface area contributed by atoms with Gasteiger partial charge in [-0.3, -0.25) is 13.7 Å². The van der Waals surface area contributed by atoms with Crippen molar-refractivity contribution >= 4 is 39.8 Å². The van der Waals surface area contributed by atoms with Gasteiger partial charge < -0.3 is 34.6 Å². The number of fused-ring (bicyclic) bond motifs is 1. The minimum atomic E-state index is -6.51. The first kappa shape index (κ1) is 22.9. The second kappa shape index (κ2) is 7.82. The topological polar surface area (TPSA) is 220 Å². The molecule has 0 spiro atoms. The fourth-order valence-corrected chi connectivity index (χ4v) is 5.79. The Bertz CT molecular complexity index is 1010. The van der Waals surface area contributed by atoms with Gasteiger partial charge in [-0.1, -0.05) is 0 Å². The Labute approximate surface area is 154 Å². The minimum absolute atomic E-state index is 0.00236. The van der Waals surface area contributed by atoms with Gasteiger partial charge in [-0.25, -0.2) is 19.3 Å². The van der Waals surface area contributed by atoms with Crippen molar-refractivity contribution in [1.29, 1.82) is 0 Å². The largest absolute Gasteiger partial charge is 0.444 e. The van der Waals surface area contributed by atoms with Crippen LogP contribution >= 0.6 is 22.8 Å². The molecule has 28 heavy (non-hydrogen) atoms. The molecule has 14 nitrogen and oxygen atoms in total. The van der Waals surface area contributed by atoms with E-state index in [0.717, 1.165) is 0 Å². The standard InChI is InChI=1S/C9H14F2N5O9P3/c10-9(11,27(19,20)21)28(22,23)25-26(17,18)5-24-2-1-16-4-15-6-7(12)13-3-14-8(6)16/h3-4H,1-2,5H2,(H,17,18)(H,22,23)(H2,12,13,14)(H2,19,20,21). The summed E-state index contributed by atoms with van der Waals surface area (Å²) >= 11 is 0. The number of nitrogen functional groups attached to an aromatic ring is 1. The number of nitrogens with zero attached hydrogens (tertiary/aromatic N) is 4. The summed E-state index contributed by atoms with van der Waals surface area (Å²) in [6.45, 7) is -0.309. The Kier molecular flexibility index (Phi) is 6.41. The maximum Gasteiger partial charge on any atom is 0.444 e. The fraction of sp³-hybridized carbons (Fsp3) is 0.444. The number of alkyl halides is 2. The van der Waals surface area contributed by atoms with Crippen molar-refractivity contribution in [2.24, 2.45) is 0 Å². The van der Waals surface area contributed by atoms with E-state index in [1.54, 1.807) is 0 Å². The summed E-state index contributed by atoms with van der Waals surface area (Å²) in [5.41, 5.74) is 6.21. The van der Waals surface area contributed by atoms with Gasteiger partial charge in [0.05, 0.1) is 12.9 Å². The van der Waals surface area contributed by atoms with Crippen LogP contribution in [-0.4, -0.2) is 57.5 Å². The number of aromatic nitrogens is 4. The second-order valence-corrected chi connectivity index (χ2v) is 11.0. The smallest absolute Gasteiger partial charge is 0.382 e. The number of hydrogen-bond donors (Lipinski definition) is 5. The fourth-order valence-electron chi connectivity index (χ4n) is 1.82. The van der Waals surface area contributed by atoms with E-state index in [-0.39, 0.29) is 19.0 Å². The van der Waals surface area contributed by atoms with E-state index < -0.39 is 34.5 Å². The lowest BCUT2D eigenvalue weighted by Crippen LogP contribution is -2.18. The van der Waals surface area contributed by atoms with E-state index in [1.807, 2.05) is 0 Å². The molecule has 0 aliphatic rings. The van der Waals surface area contributed by atoms with E-state index in [9.17, 15) is 27.4 Å². The Morgan fingerprint density at radius 1 is 1.14 bits per heavy atom. The molecule has 2 unspecified atom stereocenters. The molecular weight excluding hydrogens is 453 g/mol. The molecule has 0 bridgehead atoms. The average Bonchev–Trinajstić information content (AvgIpc) is 2.94. The molecule has 0 aliphatic heterocycles. The highest BCUT2D eigenvalue weighted by atomic mass is 31.3. The first-order chi connectivity index (χ1) is 12.7. The molecule has 0 amide bonds. The predicted molar refractivity (Wildman–Crippen MR) is 88.3 cm³/mol. The molecule has 0 radical (unpaired) electrons. The molecule has 2 rings (SSSR count). The summed E-state index contributed by atoms with van der Waals surface area (Å²) in [5, 5.41) is -5.58. The van der Waals surface area contributed by atoms with Gasteiger partial charge in [-0.05, 0) is 0 Å². The number of imidazole rings is 1. The van der Waals surface area contributed by atoms with Gasteiger partial charge in [0, 0.05) is 6.54 Å². The van der Waals surface area contributed by atoms with Crippen LogP contribution in [0.5, 0.6) is 0 Å². The zero-order valence-corrected chi connectivity index (χ0v) is 16.3. The predicted octanol–water partition coefficient (Wildman–Crippen LogP) is 0.498. The molecule has 6 N–H and O–H groups in total. The van der Waals surface area contributed by atoms with E-state index in [2.05, 4.69) is 19.3 Å². The van der Waals surface area contributed by atoms with Crippen molar-refractivity contribution in [2.45, 2.75) is 11.9 Å². The lowest BCUT2D eigenvalue weighted by Gasteiger charge is -2.24. The van der Waals surface area contributed by atoms with Crippen molar-refractivity contribution in [1.82, 2.24) is 19.5 Å². The first-order valence-electron chi connectivity index (χ1n) is 6.96. The van der Waals surface area contributed by atoms with Crippen molar-refractivity contribution in [2.75, 3.05) is 18.7 Å². The monoisotopic (exact) mass is 467 g/mol. The third-order valence-electron chi connectivity index (χ3n) is 3.09. The Hall–Kier alpha value is -1.34. The summed E-state index contributed by atoms with van der Waals surface area (Å²) in [7, 11) is -18.2. The normalized spacial score (nSPS) is 17.4. The molecule has 0 saturated carbocycles. The maximum atomic E-state index is 13.3. The van der Waals surface area contributed by atoms with Gasteiger partial charge in [0.15, 0.2) is 11.5 Å². The lowest BCUT2D eigenvalue weighted by molar-refractivity contribution is 0.103. The van der Waals surface area contributed by atoms with Gasteiger partial charge in [0.1, 0.15) is 18.2 Å². The summed E-state index contributed by atoms with van der Waals surface area (Å²) in [6.07, 6.45) is 1.18. The quantitative estimate of drug-likeness (QED) is 0.251. The Morgan fingerprint density at radius 3 is 2.39 bits per heavy atom. The van der Waals surface area contributed by atoms with E-state index in [4.69, 9.17) is 25.2 Å². The maximum absolute atomic E-state index is 13.3. The van der Waals surface area contributed by atoms with Crippen molar-refractivity contribution < 1.29 is 51.1 Å². The van der Waals surface area contributed by atoms with E-state index >= 15 is 0 Å². The highest BCUT2D eigenvalue weighted by Gasteiger charge is 2.66. The third-order valence-corrected chi connectivity index (χ3v) is 8.42. The average molecular weight is 467 g/mol.